The standard InChI is InChI=1S/C20H26O6S/c1-18(2,22)20-10-13-7-14(11-20)9-19(8-13,12-20)17(21)26-15-3-5-16(6-4-15)27(23,24)25/h3-6,13-14,22H,7-12H2,1-2H3,(H,23,24,25). The molecule has 0 spiro atoms. The highest BCUT2D eigenvalue weighted by molar-refractivity contribution is 7.85. The van der Waals surface area contributed by atoms with Crippen LogP contribution in [-0.2, 0) is 14.9 Å². The minimum Gasteiger partial charge on any atom is -0.426 e. The van der Waals surface area contributed by atoms with Crippen molar-refractivity contribution in [2.45, 2.75) is 62.9 Å². The van der Waals surface area contributed by atoms with Gasteiger partial charge in [0.15, 0.2) is 0 Å². The number of rotatable bonds is 4. The maximum absolute atomic E-state index is 13.1. The van der Waals surface area contributed by atoms with E-state index in [1.807, 2.05) is 13.8 Å². The molecular formula is C20H26O6S. The van der Waals surface area contributed by atoms with Crippen molar-refractivity contribution >= 4 is 16.1 Å². The maximum Gasteiger partial charge on any atom is 0.317 e. The third-order valence-electron chi connectivity index (χ3n) is 7.12. The molecule has 4 aliphatic rings. The highest BCUT2D eigenvalue weighted by Crippen LogP contribution is 2.68. The SMILES string of the molecule is CC(C)(O)C12CC3CC(CC(C(=O)Oc4ccc(S(=O)(=O)O)cc4)(C3)C1)C2. The molecule has 2 N–H and O–H groups in total. The molecule has 4 aliphatic carbocycles. The van der Waals surface area contributed by atoms with Gasteiger partial charge in [0.25, 0.3) is 10.1 Å². The first-order chi connectivity index (χ1) is 12.4. The summed E-state index contributed by atoms with van der Waals surface area (Å²) < 4.78 is 37.0. The molecule has 2 unspecified atom stereocenters. The van der Waals surface area contributed by atoms with Crippen LogP contribution >= 0.6 is 0 Å². The summed E-state index contributed by atoms with van der Waals surface area (Å²) in [6, 6.07) is 5.20. The molecule has 148 valence electrons. The van der Waals surface area contributed by atoms with Gasteiger partial charge in [-0.1, -0.05) is 0 Å². The fourth-order valence-electron chi connectivity index (χ4n) is 6.11. The number of esters is 1. The van der Waals surface area contributed by atoms with Crippen LogP contribution in [0.15, 0.2) is 29.2 Å². The minimum atomic E-state index is -4.28. The van der Waals surface area contributed by atoms with E-state index in [1.165, 1.54) is 24.3 Å². The lowest BCUT2D eigenvalue weighted by Crippen LogP contribution is -2.62. The van der Waals surface area contributed by atoms with Gasteiger partial charge < -0.3 is 9.84 Å². The molecule has 4 fully saturated rings. The smallest absolute Gasteiger partial charge is 0.317 e. The van der Waals surface area contributed by atoms with Gasteiger partial charge in [0.2, 0.25) is 0 Å². The summed E-state index contributed by atoms with van der Waals surface area (Å²) in [6.45, 7) is 3.71. The van der Waals surface area contributed by atoms with Crippen LogP contribution in [0.25, 0.3) is 0 Å². The molecule has 27 heavy (non-hydrogen) atoms. The van der Waals surface area contributed by atoms with Gasteiger partial charge in [-0.25, -0.2) is 0 Å². The zero-order valence-electron chi connectivity index (χ0n) is 15.6. The van der Waals surface area contributed by atoms with Crippen LogP contribution in [0.1, 0.15) is 52.4 Å². The molecule has 4 saturated carbocycles. The molecule has 4 bridgehead atoms. The Morgan fingerprint density at radius 2 is 1.67 bits per heavy atom. The lowest BCUT2D eigenvalue weighted by Gasteiger charge is -2.64. The van der Waals surface area contributed by atoms with Crippen molar-refractivity contribution < 1.29 is 27.6 Å². The van der Waals surface area contributed by atoms with Gasteiger partial charge in [-0.3, -0.25) is 9.35 Å². The minimum absolute atomic E-state index is 0.238. The summed E-state index contributed by atoms with van der Waals surface area (Å²) >= 11 is 0. The Labute approximate surface area is 159 Å². The second kappa shape index (κ2) is 5.78. The number of aliphatic hydroxyl groups is 1. The average Bonchev–Trinajstić information content (AvgIpc) is 2.52. The molecule has 1 aromatic carbocycles. The number of carbonyl (C=O) groups is 1. The van der Waals surface area contributed by atoms with Crippen LogP contribution in [0.2, 0.25) is 0 Å². The molecule has 0 radical (unpaired) electrons. The Bertz CT molecular complexity index is 851. The topological polar surface area (TPSA) is 101 Å². The monoisotopic (exact) mass is 394 g/mol. The fraction of sp³-hybridized carbons (Fsp3) is 0.650. The van der Waals surface area contributed by atoms with E-state index in [0.717, 1.165) is 32.1 Å². The summed E-state index contributed by atoms with van der Waals surface area (Å²) in [6.07, 6.45) is 5.27. The highest BCUT2D eigenvalue weighted by atomic mass is 32.2. The Kier molecular flexibility index (Phi) is 4.05. The van der Waals surface area contributed by atoms with E-state index in [0.29, 0.717) is 18.3 Å². The molecule has 0 heterocycles. The van der Waals surface area contributed by atoms with Gasteiger partial charge in [-0.15, -0.1) is 0 Å². The molecule has 1 aromatic rings. The zero-order valence-corrected chi connectivity index (χ0v) is 16.5. The van der Waals surface area contributed by atoms with E-state index < -0.39 is 21.1 Å². The van der Waals surface area contributed by atoms with Crippen LogP contribution in [-0.4, -0.2) is 29.6 Å². The predicted octanol–water partition coefficient (Wildman–Crippen LogP) is 3.20. The van der Waals surface area contributed by atoms with Crippen LogP contribution < -0.4 is 4.74 Å². The van der Waals surface area contributed by atoms with Crippen LogP contribution in [0.3, 0.4) is 0 Å². The molecule has 0 aliphatic heterocycles. The molecule has 5 rings (SSSR count). The second-order valence-corrected chi connectivity index (χ2v) is 10.8. The predicted molar refractivity (Wildman–Crippen MR) is 97.7 cm³/mol. The summed E-state index contributed by atoms with van der Waals surface area (Å²) in [5.74, 6) is 0.851. The summed E-state index contributed by atoms with van der Waals surface area (Å²) in [4.78, 5) is 12.9. The lowest BCUT2D eigenvalue weighted by molar-refractivity contribution is -0.204. The van der Waals surface area contributed by atoms with Gasteiger partial charge in [0, 0.05) is 5.41 Å². The molecular weight excluding hydrogens is 368 g/mol. The number of carbonyl (C=O) groups excluding carboxylic acids is 1. The van der Waals surface area contributed by atoms with Crippen molar-refractivity contribution in [2.75, 3.05) is 0 Å². The normalized spacial score (nSPS) is 35.3. The first-order valence-corrected chi connectivity index (χ1v) is 10.9. The number of hydrogen-bond acceptors (Lipinski definition) is 5. The van der Waals surface area contributed by atoms with Crippen LogP contribution in [0, 0.1) is 22.7 Å². The number of ether oxygens (including phenoxy) is 1. The Hall–Kier alpha value is -1.44. The largest absolute Gasteiger partial charge is 0.426 e. The lowest BCUT2D eigenvalue weighted by atomic mass is 9.41. The van der Waals surface area contributed by atoms with Gasteiger partial charge in [-0.05, 0) is 88.5 Å². The van der Waals surface area contributed by atoms with E-state index in [4.69, 9.17) is 9.29 Å². The molecule has 7 heteroatoms. The maximum atomic E-state index is 13.1. The molecule has 0 amide bonds. The fourth-order valence-corrected chi connectivity index (χ4v) is 6.59. The third-order valence-corrected chi connectivity index (χ3v) is 7.99. The second-order valence-electron chi connectivity index (χ2n) is 9.42. The highest BCUT2D eigenvalue weighted by Gasteiger charge is 2.64. The Balaban J connectivity index is 1.58. The number of benzene rings is 1. The quantitative estimate of drug-likeness (QED) is 0.462. The van der Waals surface area contributed by atoms with Crippen molar-refractivity contribution in [2.24, 2.45) is 22.7 Å². The van der Waals surface area contributed by atoms with Crippen LogP contribution in [0.4, 0.5) is 0 Å². The molecule has 0 saturated heterocycles. The first kappa shape index (κ1) is 18.9. The number of hydrogen-bond donors (Lipinski definition) is 2. The van der Waals surface area contributed by atoms with Gasteiger partial charge >= 0.3 is 5.97 Å². The van der Waals surface area contributed by atoms with Gasteiger partial charge in [-0.2, -0.15) is 8.42 Å². The molecule has 6 nitrogen and oxygen atoms in total. The van der Waals surface area contributed by atoms with Gasteiger partial charge in [0.05, 0.1) is 15.9 Å². The van der Waals surface area contributed by atoms with Crippen molar-refractivity contribution in [3.8, 4) is 5.75 Å². The van der Waals surface area contributed by atoms with Crippen LogP contribution in [0.5, 0.6) is 5.75 Å². The van der Waals surface area contributed by atoms with E-state index in [9.17, 15) is 18.3 Å². The summed E-state index contributed by atoms with van der Waals surface area (Å²) in [5, 5.41) is 10.8. The summed E-state index contributed by atoms with van der Waals surface area (Å²) in [5.41, 5.74) is -1.66. The van der Waals surface area contributed by atoms with Gasteiger partial charge in [0.1, 0.15) is 5.75 Å². The van der Waals surface area contributed by atoms with Crippen molar-refractivity contribution in [1.29, 1.82) is 0 Å². The van der Waals surface area contributed by atoms with Crippen molar-refractivity contribution in [1.82, 2.24) is 0 Å². The van der Waals surface area contributed by atoms with E-state index in [2.05, 4.69) is 0 Å². The Morgan fingerprint density at radius 3 is 2.15 bits per heavy atom. The van der Waals surface area contributed by atoms with E-state index in [-0.39, 0.29) is 22.0 Å². The first-order valence-electron chi connectivity index (χ1n) is 9.45. The third kappa shape index (κ3) is 3.09. The van der Waals surface area contributed by atoms with E-state index in [1.54, 1.807) is 0 Å². The molecule has 2 atom stereocenters. The van der Waals surface area contributed by atoms with Crippen molar-refractivity contribution in [3.05, 3.63) is 24.3 Å². The molecule has 0 aromatic heterocycles. The Morgan fingerprint density at radius 1 is 1.11 bits per heavy atom. The zero-order chi connectivity index (χ0) is 19.7. The van der Waals surface area contributed by atoms with E-state index >= 15 is 0 Å². The average molecular weight is 394 g/mol. The summed E-state index contributed by atoms with van der Waals surface area (Å²) in [7, 11) is -4.28. The van der Waals surface area contributed by atoms with Crippen molar-refractivity contribution in [3.63, 3.8) is 0 Å².